The molecule has 0 saturated heterocycles. The lowest BCUT2D eigenvalue weighted by molar-refractivity contribution is -0.141. The summed E-state index contributed by atoms with van der Waals surface area (Å²) < 4.78 is 59.6. The van der Waals surface area contributed by atoms with Crippen LogP contribution < -0.4 is 0 Å². The fourth-order valence-corrected chi connectivity index (χ4v) is 0.756. The third-order valence-corrected chi connectivity index (χ3v) is 1.26. The first kappa shape index (κ1) is 9.94. The zero-order valence-electron chi connectivity index (χ0n) is 6.22. The Morgan fingerprint density at radius 1 is 1.38 bits per heavy atom. The smallest absolute Gasteiger partial charge is 0.266 e. The Balaban J connectivity index is 2.75. The van der Waals surface area contributed by atoms with Gasteiger partial charge in [-0.05, 0) is 6.07 Å². The van der Waals surface area contributed by atoms with Crippen LogP contribution in [0.25, 0.3) is 0 Å². The summed E-state index contributed by atoms with van der Waals surface area (Å²) >= 11 is 0. The molecule has 0 N–H and O–H groups in total. The first-order chi connectivity index (χ1) is 5.89. The van der Waals surface area contributed by atoms with E-state index in [0.717, 1.165) is 6.20 Å². The van der Waals surface area contributed by atoms with Gasteiger partial charge < -0.3 is 0 Å². The second kappa shape index (κ2) is 3.31. The Morgan fingerprint density at radius 3 is 2.38 bits per heavy atom. The van der Waals surface area contributed by atoms with Crippen molar-refractivity contribution in [3.05, 3.63) is 18.0 Å². The van der Waals surface area contributed by atoms with Gasteiger partial charge in [-0.2, -0.15) is 18.3 Å². The summed E-state index contributed by atoms with van der Waals surface area (Å²) in [5, 5.41) is 2.93. The van der Waals surface area contributed by atoms with Crippen molar-refractivity contribution in [3.8, 4) is 0 Å². The molecule has 0 unspecified atom stereocenters. The molecule has 0 spiro atoms. The average molecular weight is 200 g/mol. The molecule has 1 heterocycles. The summed E-state index contributed by atoms with van der Waals surface area (Å²) in [4.78, 5) is 0. The summed E-state index contributed by atoms with van der Waals surface area (Å²) in [6, 6.07) is 0.655. The van der Waals surface area contributed by atoms with Crippen molar-refractivity contribution in [3.63, 3.8) is 0 Å². The van der Waals surface area contributed by atoms with Crippen LogP contribution in [0.3, 0.4) is 0 Å². The van der Waals surface area contributed by atoms with Crippen LogP contribution in [0.2, 0.25) is 0 Å². The van der Waals surface area contributed by atoms with Gasteiger partial charge >= 0.3 is 6.18 Å². The van der Waals surface area contributed by atoms with Crippen molar-refractivity contribution in [2.75, 3.05) is 0 Å². The SMILES string of the molecule is FC(F)Cn1ccc(C(F)(F)F)n1. The van der Waals surface area contributed by atoms with E-state index in [1.807, 2.05) is 0 Å². The van der Waals surface area contributed by atoms with E-state index in [9.17, 15) is 22.0 Å². The molecule has 2 nitrogen and oxygen atoms in total. The third-order valence-electron chi connectivity index (χ3n) is 1.26. The van der Waals surface area contributed by atoms with Gasteiger partial charge in [0.2, 0.25) is 0 Å². The van der Waals surface area contributed by atoms with Gasteiger partial charge in [-0.3, -0.25) is 4.68 Å². The lowest BCUT2D eigenvalue weighted by Gasteiger charge is -2.01. The van der Waals surface area contributed by atoms with Crippen molar-refractivity contribution < 1.29 is 22.0 Å². The lowest BCUT2D eigenvalue weighted by atomic mass is 10.4. The summed E-state index contributed by atoms with van der Waals surface area (Å²) in [7, 11) is 0. The van der Waals surface area contributed by atoms with Gasteiger partial charge in [-0.1, -0.05) is 0 Å². The highest BCUT2D eigenvalue weighted by atomic mass is 19.4. The van der Waals surface area contributed by atoms with Crippen LogP contribution in [0.4, 0.5) is 22.0 Å². The Kier molecular flexibility index (Phi) is 2.53. The largest absolute Gasteiger partial charge is 0.435 e. The van der Waals surface area contributed by atoms with Gasteiger partial charge in [0.15, 0.2) is 5.69 Å². The highest BCUT2D eigenvalue weighted by molar-refractivity contribution is 5.03. The van der Waals surface area contributed by atoms with Crippen LogP contribution in [0.1, 0.15) is 5.69 Å². The van der Waals surface area contributed by atoms with Gasteiger partial charge in [-0.15, -0.1) is 0 Å². The van der Waals surface area contributed by atoms with E-state index < -0.39 is 24.8 Å². The summed E-state index contributed by atoms with van der Waals surface area (Å²) in [5.41, 5.74) is -1.16. The molecular formula is C6H5F5N2. The maximum atomic E-state index is 11.9. The summed E-state index contributed by atoms with van der Waals surface area (Å²) in [5.74, 6) is 0. The molecule has 1 aromatic heterocycles. The maximum Gasteiger partial charge on any atom is 0.435 e. The minimum atomic E-state index is -4.58. The van der Waals surface area contributed by atoms with Gasteiger partial charge in [0.05, 0.1) is 0 Å². The molecule has 0 saturated carbocycles. The Labute approximate surface area is 70.0 Å². The number of alkyl halides is 5. The predicted molar refractivity (Wildman–Crippen MR) is 33.2 cm³/mol. The van der Waals surface area contributed by atoms with E-state index >= 15 is 0 Å². The lowest BCUT2D eigenvalue weighted by Crippen LogP contribution is -2.11. The number of halogens is 5. The molecule has 1 rings (SSSR count). The fourth-order valence-electron chi connectivity index (χ4n) is 0.756. The molecule has 0 bridgehead atoms. The number of nitrogens with zero attached hydrogens (tertiary/aromatic N) is 2. The molecule has 13 heavy (non-hydrogen) atoms. The van der Waals surface area contributed by atoms with Crippen molar-refractivity contribution in [1.82, 2.24) is 9.78 Å². The number of aromatic nitrogens is 2. The van der Waals surface area contributed by atoms with Crippen molar-refractivity contribution >= 4 is 0 Å². The zero-order valence-corrected chi connectivity index (χ0v) is 6.22. The minimum absolute atomic E-state index is 0.563. The van der Waals surface area contributed by atoms with E-state index in [1.54, 1.807) is 0 Å². The van der Waals surface area contributed by atoms with Gasteiger partial charge in [0.25, 0.3) is 6.43 Å². The molecular weight excluding hydrogens is 195 g/mol. The number of hydrogen-bond acceptors (Lipinski definition) is 1. The second-order valence-corrected chi connectivity index (χ2v) is 2.31. The van der Waals surface area contributed by atoms with E-state index in [2.05, 4.69) is 5.10 Å². The first-order valence-electron chi connectivity index (χ1n) is 3.28. The zero-order chi connectivity index (χ0) is 10.1. The van der Waals surface area contributed by atoms with E-state index in [-0.39, 0.29) is 0 Å². The van der Waals surface area contributed by atoms with Crippen LogP contribution in [0.15, 0.2) is 12.3 Å². The highest BCUT2D eigenvalue weighted by Gasteiger charge is 2.33. The molecule has 7 heteroatoms. The Morgan fingerprint density at radius 2 is 2.00 bits per heavy atom. The Bertz CT molecular complexity index is 277. The van der Waals surface area contributed by atoms with Crippen molar-refractivity contribution in [1.29, 1.82) is 0 Å². The van der Waals surface area contributed by atoms with Crippen LogP contribution in [-0.4, -0.2) is 16.2 Å². The number of rotatable bonds is 2. The van der Waals surface area contributed by atoms with Crippen molar-refractivity contribution in [2.45, 2.75) is 19.1 Å². The fraction of sp³-hybridized carbons (Fsp3) is 0.500. The Hall–Kier alpha value is -1.14. The van der Waals surface area contributed by atoms with E-state index in [1.165, 1.54) is 0 Å². The molecule has 0 aliphatic carbocycles. The third kappa shape index (κ3) is 2.67. The molecule has 74 valence electrons. The average Bonchev–Trinajstić information content (AvgIpc) is 2.32. The van der Waals surface area contributed by atoms with Crippen LogP contribution >= 0.6 is 0 Å². The molecule has 0 aliphatic rings. The normalized spacial score (nSPS) is 12.5. The van der Waals surface area contributed by atoms with Crippen LogP contribution in [0, 0.1) is 0 Å². The monoisotopic (exact) mass is 200 g/mol. The maximum absolute atomic E-state index is 11.9. The van der Waals surface area contributed by atoms with Crippen LogP contribution in [0.5, 0.6) is 0 Å². The standard InChI is InChI=1S/C6H5F5N2/c7-5(8)3-13-2-1-4(12-13)6(9,10)11/h1-2,5H,3H2. The molecule has 0 fully saturated rings. The summed E-state index contributed by atoms with van der Waals surface area (Å²) in [6.45, 7) is -0.823. The molecule has 1 aromatic rings. The van der Waals surface area contributed by atoms with E-state index in [0.29, 0.717) is 10.7 Å². The molecule has 0 atom stereocenters. The molecule has 0 aliphatic heterocycles. The second-order valence-electron chi connectivity index (χ2n) is 2.31. The summed E-state index contributed by atoms with van der Waals surface area (Å²) in [6.07, 6.45) is -6.41. The van der Waals surface area contributed by atoms with Gasteiger partial charge in [0, 0.05) is 6.20 Å². The first-order valence-corrected chi connectivity index (χ1v) is 3.28. The molecule has 0 amide bonds. The number of hydrogen-bond donors (Lipinski definition) is 0. The van der Waals surface area contributed by atoms with Gasteiger partial charge in [0.1, 0.15) is 6.54 Å². The highest BCUT2D eigenvalue weighted by Crippen LogP contribution is 2.27. The molecule has 0 radical (unpaired) electrons. The van der Waals surface area contributed by atoms with Crippen molar-refractivity contribution in [2.24, 2.45) is 0 Å². The van der Waals surface area contributed by atoms with Crippen LogP contribution in [-0.2, 0) is 12.7 Å². The van der Waals surface area contributed by atoms with E-state index in [4.69, 9.17) is 0 Å². The topological polar surface area (TPSA) is 17.8 Å². The van der Waals surface area contributed by atoms with Gasteiger partial charge in [-0.25, -0.2) is 8.78 Å². The quantitative estimate of drug-likeness (QED) is 0.669. The molecule has 0 aromatic carbocycles. The minimum Gasteiger partial charge on any atom is -0.266 e. The predicted octanol–water partition coefficient (Wildman–Crippen LogP) is 2.17.